The molecule has 0 fully saturated rings. The minimum atomic E-state index is -1.36. The number of nitrogens with zero attached hydrogens (tertiary/aromatic N) is 2. The van der Waals surface area contributed by atoms with Crippen LogP contribution in [0, 0.1) is 18.3 Å². The second-order valence-electron chi connectivity index (χ2n) is 14.6. The summed E-state index contributed by atoms with van der Waals surface area (Å²) < 4.78 is 12.2. The Kier molecular flexibility index (Phi) is 16.8. The highest BCUT2D eigenvalue weighted by molar-refractivity contribution is 6.00. The summed E-state index contributed by atoms with van der Waals surface area (Å²) in [6, 6.07) is 12.9. The Morgan fingerprint density at radius 2 is 1.59 bits per heavy atom. The van der Waals surface area contributed by atoms with E-state index in [2.05, 4.69) is 35.1 Å². The molecule has 4 rings (SSSR count). The Balaban J connectivity index is 1.86. The van der Waals surface area contributed by atoms with E-state index in [1.807, 2.05) is 25.1 Å². The summed E-state index contributed by atoms with van der Waals surface area (Å²) in [5, 5.41) is 19.9. The van der Waals surface area contributed by atoms with Crippen LogP contribution in [0.15, 0.2) is 54.6 Å². The summed E-state index contributed by atoms with van der Waals surface area (Å²) in [5.41, 5.74) is 21.8. The fourth-order valence-electron chi connectivity index (χ4n) is 6.85. The van der Waals surface area contributed by atoms with Gasteiger partial charge in [-0.1, -0.05) is 38.1 Å². The van der Waals surface area contributed by atoms with E-state index in [1.165, 1.54) is 18.9 Å². The number of benzene rings is 3. The molecule has 16 heteroatoms. The van der Waals surface area contributed by atoms with E-state index in [9.17, 15) is 24.0 Å². The Bertz CT molecular complexity index is 2030. The van der Waals surface area contributed by atoms with Crippen molar-refractivity contribution in [3.63, 3.8) is 0 Å². The van der Waals surface area contributed by atoms with Gasteiger partial charge in [-0.15, -0.1) is 0 Å². The van der Waals surface area contributed by atoms with E-state index in [0.29, 0.717) is 45.2 Å². The number of nitrogens with two attached hydrogens (primary N) is 3. The maximum atomic E-state index is 14.5. The first-order valence-electron chi connectivity index (χ1n) is 19.8. The Morgan fingerprint density at radius 1 is 0.932 bits per heavy atom. The summed E-state index contributed by atoms with van der Waals surface area (Å²) in [7, 11) is 1.44. The van der Waals surface area contributed by atoms with E-state index in [0.717, 1.165) is 17.5 Å². The molecule has 1 heterocycles. The average Bonchev–Trinajstić information content (AvgIpc) is 3.22. The first-order chi connectivity index (χ1) is 28.3. The quantitative estimate of drug-likeness (QED) is 0.102. The molecule has 3 aromatic carbocycles. The van der Waals surface area contributed by atoms with Crippen LogP contribution in [0.1, 0.15) is 78.2 Å². The Hall–Kier alpha value is -6.02. The average molecular weight is 812 g/mol. The topological polar surface area (TPSA) is 257 Å². The third-order valence-electron chi connectivity index (χ3n) is 10.3. The Labute approximate surface area is 345 Å². The number of carbonyl (C=O) groups excluding carboxylic acids is 5. The van der Waals surface area contributed by atoms with Gasteiger partial charge in [0.1, 0.15) is 55.4 Å². The number of fused-ring (bicyclic) bond motifs is 5. The standard InChI is InChI=1S/C43H57N9O7/c1-6-25(2)29-8-10-31(26(3)21-29)40(54)50-34(13-14-44)43(57)52(5)38-30-9-12-37(59-20-17-47)33(24-30)32-22-28(7-11-36(32)58-19-16-46)23-35(41(55)48-18-15-45)51-39(53)27(4)49-42(38)56/h7-12,21-22,24-25,27,34-35,38H,6,13-14,16-20,23,44,46-47H2,1-5H3,(H,48,55)(H,49,56)(H,50,54)(H,51,53)/t25?,27-,34-,35-,38-/m0/s1. The van der Waals surface area contributed by atoms with E-state index in [4.69, 9.17) is 31.9 Å². The number of hydrogen-bond acceptors (Lipinski definition) is 11. The van der Waals surface area contributed by atoms with Crippen LogP contribution >= 0.6 is 0 Å². The molecule has 0 aliphatic carbocycles. The number of nitriles is 1. The van der Waals surface area contributed by atoms with Crippen molar-refractivity contribution in [2.24, 2.45) is 17.2 Å². The van der Waals surface area contributed by atoms with E-state index in [-0.39, 0.29) is 52.2 Å². The molecule has 10 N–H and O–H groups in total. The zero-order valence-electron chi connectivity index (χ0n) is 34.4. The molecule has 5 amide bonds. The van der Waals surface area contributed by atoms with Gasteiger partial charge in [-0.25, -0.2) is 0 Å². The molecule has 1 aliphatic heterocycles. The minimum Gasteiger partial charge on any atom is -0.492 e. The molecule has 4 bridgehead atoms. The fraction of sp³-hybridized carbons (Fsp3) is 0.442. The second-order valence-corrected chi connectivity index (χ2v) is 14.6. The van der Waals surface area contributed by atoms with Crippen molar-refractivity contribution in [1.82, 2.24) is 26.2 Å². The smallest absolute Gasteiger partial charge is 0.252 e. The SMILES string of the molecule is CCC(C)c1ccc(C(=O)N[C@@H](CCN)C(=O)N(C)[C@@H]2C(=O)N[C@@H](C)C(=O)N[C@H](C(=O)NCC#N)Cc3ccc(OCCN)c(c3)-c3cc2ccc3OCCN)c(C)c1. The molecule has 1 unspecified atom stereocenters. The molecule has 1 aliphatic rings. The molecule has 316 valence electrons. The van der Waals surface area contributed by atoms with Gasteiger partial charge in [0.15, 0.2) is 0 Å². The monoisotopic (exact) mass is 811 g/mol. The highest BCUT2D eigenvalue weighted by Crippen LogP contribution is 2.40. The third kappa shape index (κ3) is 11.6. The molecule has 59 heavy (non-hydrogen) atoms. The van der Waals surface area contributed by atoms with Crippen LogP contribution < -0.4 is 47.9 Å². The molecule has 0 saturated heterocycles. The van der Waals surface area contributed by atoms with Gasteiger partial charge in [0.2, 0.25) is 23.6 Å². The van der Waals surface area contributed by atoms with E-state index < -0.39 is 53.7 Å². The lowest BCUT2D eigenvalue weighted by Crippen LogP contribution is -2.56. The molecule has 3 aromatic rings. The van der Waals surface area contributed by atoms with Gasteiger partial charge in [-0.2, -0.15) is 5.26 Å². The van der Waals surface area contributed by atoms with Crippen LogP contribution in [0.2, 0.25) is 0 Å². The lowest BCUT2D eigenvalue weighted by Gasteiger charge is -2.32. The van der Waals surface area contributed by atoms with Gasteiger partial charge in [0.05, 0.1) is 6.07 Å². The van der Waals surface area contributed by atoms with Crippen molar-refractivity contribution in [1.29, 1.82) is 5.26 Å². The van der Waals surface area contributed by atoms with Crippen molar-refractivity contribution >= 4 is 29.5 Å². The molecular formula is C43H57N9O7. The lowest BCUT2D eigenvalue weighted by atomic mass is 9.93. The molecule has 0 spiro atoms. The number of aryl methyl sites for hydroxylation is 1. The second kappa shape index (κ2) is 21.7. The first kappa shape index (κ1) is 45.7. The molecular weight excluding hydrogens is 755 g/mol. The molecule has 0 aromatic heterocycles. The zero-order valence-corrected chi connectivity index (χ0v) is 34.4. The summed E-state index contributed by atoms with van der Waals surface area (Å²) in [4.78, 5) is 70.8. The van der Waals surface area contributed by atoms with Gasteiger partial charge in [0.25, 0.3) is 5.91 Å². The highest BCUT2D eigenvalue weighted by Gasteiger charge is 2.36. The van der Waals surface area contributed by atoms with Crippen molar-refractivity contribution in [3.8, 4) is 28.7 Å². The molecule has 5 atom stereocenters. The zero-order chi connectivity index (χ0) is 43.2. The number of hydrogen-bond donors (Lipinski definition) is 7. The van der Waals surface area contributed by atoms with Gasteiger partial charge in [-0.05, 0) is 91.7 Å². The highest BCUT2D eigenvalue weighted by atomic mass is 16.5. The first-order valence-corrected chi connectivity index (χ1v) is 19.8. The van der Waals surface area contributed by atoms with Crippen molar-refractivity contribution in [3.05, 3.63) is 82.4 Å². The predicted molar refractivity (Wildman–Crippen MR) is 223 cm³/mol. The summed E-state index contributed by atoms with van der Waals surface area (Å²) in [6.45, 7) is 7.97. The van der Waals surface area contributed by atoms with Gasteiger partial charge in [0, 0.05) is 43.2 Å². The van der Waals surface area contributed by atoms with Gasteiger partial charge >= 0.3 is 0 Å². The minimum absolute atomic E-state index is 0.0160. The van der Waals surface area contributed by atoms with E-state index in [1.54, 1.807) is 42.5 Å². The third-order valence-corrected chi connectivity index (χ3v) is 10.3. The van der Waals surface area contributed by atoms with Crippen molar-refractivity contribution in [2.45, 2.75) is 77.0 Å². The Morgan fingerprint density at radius 3 is 2.20 bits per heavy atom. The fourth-order valence-corrected chi connectivity index (χ4v) is 6.85. The lowest BCUT2D eigenvalue weighted by molar-refractivity contribution is -0.141. The molecule has 0 radical (unpaired) electrons. The molecule has 0 saturated carbocycles. The van der Waals surface area contributed by atoms with Crippen LogP contribution in [0.5, 0.6) is 11.5 Å². The maximum absolute atomic E-state index is 14.5. The summed E-state index contributed by atoms with van der Waals surface area (Å²) in [5.74, 6) is -1.99. The van der Waals surface area contributed by atoms with Crippen LogP contribution in [0.4, 0.5) is 0 Å². The van der Waals surface area contributed by atoms with Crippen LogP contribution in [-0.4, -0.2) is 99.0 Å². The van der Waals surface area contributed by atoms with Gasteiger partial charge in [-0.3, -0.25) is 24.0 Å². The number of nitrogens with one attached hydrogen (secondary N) is 4. The van der Waals surface area contributed by atoms with Crippen molar-refractivity contribution < 1.29 is 33.4 Å². The van der Waals surface area contributed by atoms with E-state index >= 15 is 0 Å². The number of ether oxygens (including phenoxy) is 2. The van der Waals surface area contributed by atoms with Crippen LogP contribution in [0.3, 0.4) is 0 Å². The molecule has 16 nitrogen and oxygen atoms in total. The van der Waals surface area contributed by atoms with Crippen molar-refractivity contribution in [2.75, 3.05) is 46.4 Å². The number of carbonyl (C=O) groups is 5. The largest absolute Gasteiger partial charge is 0.492 e. The van der Waals surface area contributed by atoms with Gasteiger partial charge < -0.3 is 52.8 Å². The maximum Gasteiger partial charge on any atom is 0.252 e. The summed E-state index contributed by atoms with van der Waals surface area (Å²) >= 11 is 0. The number of likely N-dealkylation sites (N-methyl/N-ethyl adjacent to an activating group) is 1. The van der Waals surface area contributed by atoms with Crippen LogP contribution in [0.25, 0.3) is 11.1 Å². The predicted octanol–water partition coefficient (Wildman–Crippen LogP) is 1.68. The number of rotatable bonds is 16. The summed E-state index contributed by atoms with van der Waals surface area (Å²) in [6.07, 6.45) is 1.01. The normalized spacial score (nSPS) is 17.5. The number of amides is 5. The van der Waals surface area contributed by atoms with Crippen LogP contribution in [-0.2, 0) is 25.6 Å².